The molecule has 3 N–H and O–H groups in total. The van der Waals surface area contributed by atoms with Gasteiger partial charge in [-0.3, -0.25) is 0 Å². The van der Waals surface area contributed by atoms with Gasteiger partial charge in [0.1, 0.15) is 5.78 Å². The number of carbonyl (C=O) groups excluding carboxylic acids is 1. The summed E-state index contributed by atoms with van der Waals surface area (Å²) >= 11 is 4.24. The number of aromatic nitrogens is 4. The van der Waals surface area contributed by atoms with Gasteiger partial charge in [-0.25, -0.2) is 19.9 Å². The first-order chi connectivity index (χ1) is 29.0. The Kier molecular flexibility index (Phi) is 37.7. The lowest BCUT2D eigenvalue weighted by molar-refractivity contribution is -0.115. The minimum atomic E-state index is -0.0430. The number of halogens is 2. The molecule has 1 aliphatic heterocycles. The maximum Gasteiger partial charge on any atom is 0.225 e. The molecule has 11 heteroatoms. The fraction of sp³-hybridized carbons (Fsp3) is 0.776. The number of fused-ring (bicyclic) bond motifs is 1. The Morgan fingerprint density at radius 2 is 0.900 bits per heavy atom. The zero-order valence-corrected chi connectivity index (χ0v) is 44.3. The van der Waals surface area contributed by atoms with Crippen molar-refractivity contribution in [3.05, 3.63) is 30.4 Å². The highest BCUT2D eigenvalue weighted by atomic mass is 128. The van der Waals surface area contributed by atoms with Crippen molar-refractivity contribution in [3.63, 3.8) is 0 Å². The Bertz CT molecular complexity index is 1310. The molecule has 0 spiro atoms. The van der Waals surface area contributed by atoms with E-state index in [2.05, 4.69) is 117 Å². The lowest BCUT2D eigenvalue weighted by atomic mass is 9.95. The number of nitrogens with one attached hydrogen (secondary N) is 1. The van der Waals surface area contributed by atoms with E-state index >= 15 is 0 Å². The summed E-state index contributed by atoms with van der Waals surface area (Å²) in [5.41, 5.74) is 9.68. The summed E-state index contributed by atoms with van der Waals surface area (Å²) < 4.78 is 0. The number of nitrogens with two attached hydrogens (primary N) is 1. The van der Waals surface area contributed by atoms with Crippen molar-refractivity contribution in [2.45, 2.75) is 222 Å². The molecule has 0 radical (unpaired) electrons. The Balaban J connectivity index is 0.00000104. The lowest BCUT2D eigenvalue weighted by Crippen LogP contribution is -2.33. The largest absolute Gasteiger partial charge is 0.396 e. The summed E-state index contributed by atoms with van der Waals surface area (Å²) in [6.45, 7) is 23.0. The summed E-state index contributed by atoms with van der Waals surface area (Å²) in [7, 11) is 0. The minimum absolute atomic E-state index is 0.0430. The van der Waals surface area contributed by atoms with E-state index in [1.54, 1.807) is 12.4 Å². The normalized spacial score (nSPS) is 12.3. The SMILES string of the molecule is CC(C)=O.CCCCCCCCN(CCCCCCCC)c1ncc(N)cn1.CCCCCCCCN(CCCCCCCC)c1ncc2c(n1)C(C)=CC(C)(C)N2.II. The second-order valence-electron chi connectivity index (χ2n) is 17.4. The molecule has 0 saturated heterocycles. The third-order valence-corrected chi connectivity index (χ3v) is 10.5. The molecule has 2 aromatic rings. The standard InChI is InChI=1S/C26H46N4.C20H38N4.C3H6O.I2/c1-6-8-10-12-14-16-18-30(19-17-15-13-11-9-7-2)25-27-21-23-24(28-25)22(3)20-26(4,5)29-23;1-3-5-7-9-11-13-15-24(16-14-12-10-8-6-4-2)20-22-17-19(21)18-23-20;1-3(2)4;1-2/h20-21,29H,6-19H2,1-5H3;17-18H,3-16,21H2,1-2H3;1-2H3;. The van der Waals surface area contributed by atoms with Gasteiger partial charge in [0, 0.05) is 63.4 Å². The van der Waals surface area contributed by atoms with Crippen molar-refractivity contribution in [1.29, 1.82) is 0 Å². The Morgan fingerprint density at radius 1 is 0.583 bits per heavy atom. The van der Waals surface area contributed by atoms with E-state index in [-0.39, 0.29) is 11.3 Å². The topological polar surface area (TPSA) is 113 Å². The van der Waals surface area contributed by atoms with Crippen molar-refractivity contribution >= 4 is 71.9 Å². The number of anilines is 4. The molecule has 1 aliphatic rings. The highest BCUT2D eigenvalue weighted by Crippen LogP contribution is 2.32. The molecule has 0 atom stereocenters. The number of nitrogen functional groups attached to an aromatic ring is 1. The lowest BCUT2D eigenvalue weighted by Gasteiger charge is -2.31. The third kappa shape index (κ3) is 30.3. The predicted octanol–water partition coefficient (Wildman–Crippen LogP) is 15.6. The van der Waals surface area contributed by atoms with Crippen LogP contribution < -0.4 is 20.9 Å². The quantitative estimate of drug-likeness (QED) is 0.0583. The zero-order chi connectivity index (χ0) is 44.9. The van der Waals surface area contributed by atoms with Crippen molar-refractivity contribution in [3.8, 4) is 0 Å². The molecule has 3 heterocycles. The van der Waals surface area contributed by atoms with E-state index in [4.69, 9.17) is 15.7 Å². The molecular formula is C49H90I2N8O. The van der Waals surface area contributed by atoms with Gasteiger partial charge in [0.25, 0.3) is 0 Å². The highest BCUT2D eigenvalue weighted by Gasteiger charge is 2.25. The molecule has 0 aromatic carbocycles. The third-order valence-electron chi connectivity index (χ3n) is 10.5. The summed E-state index contributed by atoms with van der Waals surface area (Å²) in [5.74, 6) is 1.91. The zero-order valence-electron chi connectivity index (χ0n) is 40.0. The maximum absolute atomic E-state index is 9.44. The molecule has 0 unspecified atom stereocenters. The van der Waals surface area contributed by atoms with Gasteiger partial charge in [-0.1, -0.05) is 162 Å². The van der Waals surface area contributed by atoms with Crippen LogP contribution in [0.15, 0.2) is 24.7 Å². The fourth-order valence-corrected chi connectivity index (χ4v) is 7.36. The molecule has 0 fully saturated rings. The Labute approximate surface area is 393 Å². The van der Waals surface area contributed by atoms with Gasteiger partial charge in [-0.2, -0.15) is 0 Å². The van der Waals surface area contributed by atoms with Crippen molar-refractivity contribution in [2.24, 2.45) is 0 Å². The van der Waals surface area contributed by atoms with E-state index in [0.717, 1.165) is 49.5 Å². The average molecular weight is 1060 g/mol. The second kappa shape index (κ2) is 38.9. The summed E-state index contributed by atoms with van der Waals surface area (Å²) in [5, 5.41) is 3.56. The Morgan fingerprint density at radius 3 is 1.27 bits per heavy atom. The van der Waals surface area contributed by atoms with Gasteiger partial charge in [-0.15, -0.1) is 0 Å². The molecule has 9 nitrogen and oxygen atoms in total. The minimum Gasteiger partial charge on any atom is -0.396 e. The van der Waals surface area contributed by atoms with E-state index in [1.807, 2.05) is 6.20 Å². The van der Waals surface area contributed by atoms with Crippen LogP contribution in [0.25, 0.3) is 5.57 Å². The first-order valence-corrected chi connectivity index (χ1v) is 30.3. The number of nitrogens with zero attached hydrogens (tertiary/aromatic N) is 6. The van der Waals surface area contributed by atoms with Gasteiger partial charge in [-0.05, 0) is 65.9 Å². The van der Waals surface area contributed by atoms with Crippen LogP contribution in [-0.2, 0) is 4.79 Å². The number of carbonyl (C=O) groups is 1. The van der Waals surface area contributed by atoms with Crippen LogP contribution in [-0.4, -0.2) is 57.4 Å². The number of ketones is 1. The van der Waals surface area contributed by atoms with Gasteiger partial charge >= 0.3 is 0 Å². The van der Waals surface area contributed by atoms with Gasteiger partial charge in [0.15, 0.2) is 0 Å². The maximum atomic E-state index is 9.44. The van der Waals surface area contributed by atoms with E-state index in [1.165, 1.54) is 174 Å². The van der Waals surface area contributed by atoms with E-state index in [9.17, 15) is 4.79 Å². The number of hydrogen-bond donors (Lipinski definition) is 2. The van der Waals surface area contributed by atoms with Crippen LogP contribution in [0.5, 0.6) is 0 Å². The summed E-state index contributed by atoms with van der Waals surface area (Å²) in [6, 6.07) is 0. The van der Waals surface area contributed by atoms with Gasteiger partial charge < -0.3 is 25.6 Å². The van der Waals surface area contributed by atoms with Crippen LogP contribution in [0.4, 0.5) is 23.3 Å². The number of allylic oxidation sites excluding steroid dienone is 1. The number of unbranched alkanes of at least 4 members (excludes halogenated alkanes) is 20. The molecule has 0 bridgehead atoms. The number of hydrogen-bond acceptors (Lipinski definition) is 9. The van der Waals surface area contributed by atoms with Crippen LogP contribution in [0, 0.1) is 0 Å². The average Bonchev–Trinajstić information content (AvgIpc) is 3.22. The van der Waals surface area contributed by atoms with Gasteiger partial charge in [0.2, 0.25) is 11.9 Å². The second-order valence-corrected chi connectivity index (χ2v) is 17.4. The first-order valence-electron chi connectivity index (χ1n) is 24.0. The molecule has 3 rings (SSSR count). The number of Topliss-reactive ketones (excluding diaryl/α,β-unsaturated/α-hetero) is 1. The molecule has 0 amide bonds. The molecule has 346 valence electrons. The van der Waals surface area contributed by atoms with Crippen LogP contribution in [0.1, 0.15) is 222 Å². The smallest absolute Gasteiger partial charge is 0.225 e. The monoisotopic (exact) mass is 1060 g/mol. The first kappa shape index (κ1) is 58.2. The fourth-order valence-electron chi connectivity index (χ4n) is 7.36. The molecule has 60 heavy (non-hydrogen) atoms. The predicted molar refractivity (Wildman–Crippen MR) is 282 cm³/mol. The van der Waals surface area contributed by atoms with E-state index < -0.39 is 0 Å². The Hall–Kier alpha value is -1.77. The van der Waals surface area contributed by atoms with Gasteiger partial charge in [0.05, 0.1) is 41.2 Å². The molecular weight excluding hydrogens is 970 g/mol. The number of rotatable bonds is 30. The van der Waals surface area contributed by atoms with Crippen molar-refractivity contribution in [2.75, 3.05) is 47.0 Å². The molecule has 2 aromatic heterocycles. The van der Waals surface area contributed by atoms with Crippen LogP contribution >= 0.6 is 37.2 Å². The highest BCUT2D eigenvalue weighted by molar-refractivity contribution is 15.0. The summed E-state index contributed by atoms with van der Waals surface area (Å²) in [4.78, 5) is 32.9. The van der Waals surface area contributed by atoms with E-state index in [0.29, 0.717) is 5.69 Å². The van der Waals surface area contributed by atoms with Crippen LogP contribution in [0.3, 0.4) is 0 Å². The van der Waals surface area contributed by atoms with Crippen LogP contribution in [0.2, 0.25) is 0 Å². The molecule has 0 saturated carbocycles. The van der Waals surface area contributed by atoms with Crippen molar-refractivity contribution in [1.82, 2.24) is 19.9 Å². The summed E-state index contributed by atoms with van der Waals surface area (Å²) in [6.07, 6.45) is 39.4. The molecule has 0 aliphatic carbocycles. The van der Waals surface area contributed by atoms with Crippen molar-refractivity contribution < 1.29 is 4.79 Å².